The van der Waals surface area contributed by atoms with Gasteiger partial charge in [0.25, 0.3) is 0 Å². The van der Waals surface area contributed by atoms with Crippen LogP contribution >= 0.6 is 0 Å². The van der Waals surface area contributed by atoms with Crippen LogP contribution in [0.3, 0.4) is 0 Å². The van der Waals surface area contributed by atoms with Gasteiger partial charge in [-0.2, -0.15) is 0 Å². The third-order valence-electron chi connectivity index (χ3n) is 4.52. The quantitative estimate of drug-likeness (QED) is 0.684. The Kier molecular flexibility index (Phi) is 2.12. The van der Waals surface area contributed by atoms with Gasteiger partial charge >= 0.3 is 0 Å². The van der Waals surface area contributed by atoms with E-state index in [1.54, 1.807) is 0 Å². The standard InChI is InChI=1S/C13H23N/c1-10(8-11-2-3-11)14-9-13(6-7-13)12-4-5-12/h10-12,14H,2-9H2,1H3. The molecule has 80 valence electrons. The lowest BCUT2D eigenvalue weighted by Gasteiger charge is -2.19. The Balaban J connectivity index is 1.39. The largest absolute Gasteiger partial charge is 0.314 e. The van der Waals surface area contributed by atoms with Crippen molar-refractivity contribution in [1.82, 2.24) is 5.32 Å². The van der Waals surface area contributed by atoms with Crippen molar-refractivity contribution in [2.24, 2.45) is 17.3 Å². The Morgan fingerprint density at radius 2 is 1.93 bits per heavy atom. The molecule has 0 bridgehead atoms. The molecule has 0 aromatic rings. The Labute approximate surface area is 87.7 Å². The summed E-state index contributed by atoms with van der Waals surface area (Å²) >= 11 is 0. The van der Waals surface area contributed by atoms with Crippen LogP contribution in [0.25, 0.3) is 0 Å². The second-order valence-electron chi connectivity index (χ2n) is 6.10. The van der Waals surface area contributed by atoms with Crippen LogP contribution in [0.15, 0.2) is 0 Å². The van der Waals surface area contributed by atoms with Gasteiger partial charge in [0.1, 0.15) is 0 Å². The van der Waals surface area contributed by atoms with Gasteiger partial charge in [0, 0.05) is 12.6 Å². The molecule has 0 heterocycles. The van der Waals surface area contributed by atoms with Crippen LogP contribution in [0.4, 0.5) is 0 Å². The highest BCUT2D eigenvalue weighted by atomic mass is 14.9. The summed E-state index contributed by atoms with van der Waals surface area (Å²) in [6.07, 6.45) is 10.5. The lowest BCUT2D eigenvalue weighted by Crippen LogP contribution is -2.33. The fourth-order valence-corrected chi connectivity index (χ4v) is 2.90. The highest BCUT2D eigenvalue weighted by Crippen LogP contribution is 2.60. The monoisotopic (exact) mass is 193 g/mol. The normalized spacial score (nSPS) is 31.5. The second-order valence-corrected chi connectivity index (χ2v) is 6.10. The van der Waals surface area contributed by atoms with Gasteiger partial charge in [-0.05, 0) is 56.3 Å². The lowest BCUT2D eigenvalue weighted by atomic mass is 10.00. The average Bonchev–Trinajstić information content (AvgIpc) is 2.93. The summed E-state index contributed by atoms with van der Waals surface area (Å²) in [5, 5.41) is 3.78. The Hall–Kier alpha value is -0.0400. The van der Waals surface area contributed by atoms with Gasteiger partial charge in [-0.15, -0.1) is 0 Å². The fraction of sp³-hybridized carbons (Fsp3) is 1.00. The van der Waals surface area contributed by atoms with E-state index in [2.05, 4.69) is 12.2 Å². The van der Waals surface area contributed by atoms with E-state index in [4.69, 9.17) is 0 Å². The summed E-state index contributed by atoms with van der Waals surface area (Å²) in [5.74, 6) is 2.19. The second kappa shape index (κ2) is 3.23. The van der Waals surface area contributed by atoms with E-state index in [9.17, 15) is 0 Å². The van der Waals surface area contributed by atoms with Crippen LogP contribution in [0.1, 0.15) is 51.9 Å². The van der Waals surface area contributed by atoms with Crippen molar-refractivity contribution in [3.8, 4) is 0 Å². The molecule has 14 heavy (non-hydrogen) atoms. The molecule has 3 saturated carbocycles. The first-order valence-electron chi connectivity index (χ1n) is 6.52. The van der Waals surface area contributed by atoms with Crippen molar-refractivity contribution in [1.29, 1.82) is 0 Å². The number of hydrogen-bond acceptors (Lipinski definition) is 1. The molecule has 3 aliphatic carbocycles. The summed E-state index contributed by atoms with van der Waals surface area (Å²) in [7, 11) is 0. The van der Waals surface area contributed by atoms with E-state index in [1.807, 2.05) is 0 Å². The Morgan fingerprint density at radius 3 is 2.43 bits per heavy atom. The molecule has 0 spiro atoms. The molecule has 1 N–H and O–H groups in total. The van der Waals surface area contributed by atoms with Crippen molar-refractivity contribution in [3.05, 3.63) is 0 Å². The third kappa shape index (κ3) is 1.98. The molecular weight excluding hydrogens is 170 g/mol. The van der Waals surface area contributed by atoms with Gasteiger partial charge in [0.05, 0.1) is 0 Å². The third-order valence-corrected chi connectivity index (χ3v) is 4.52. The Bertz CT molecular complexity index is 211. The van der Waals surface area contributed by atoms with Gasteiger partial charge in [-0.3, -0.25) is 0 Å². The summed E-state index contributed by atoms with van der Waals surface area (Å²) in [6, 6.07) is 0.777. The van der Waals surface area contributed by atoms with E-state index >= 15 is 0 Å². The SMILES string of the molecule is CC(CC1CC1)NCC1(C2CC2)CC1. The van der Waals surface area contributed by atoms with Crippen molar-refractivity contribution in [2.45, 2.75) is 57.9 Å². The molecule has 3 rings (SSSR count). The van der Waals surface area contributed by atoms with Crippen LogP contribution < -0.4 is 5.32 Å². The van der Waals surface area contributed by atoms with Crippen LogP contribution in [0.5, 0.6) is 0 Å². The summed E-state index contributed by atoms with van der Waals surface area (Å²) in [6.45, 7) is 3.70. The summed E-state index contributed by atoms with van der Waals surface area (Å²) < 4.78 is 0. The lowest BCUT2D eigenvalue weighted by molar-refractivity contribution is 0.366. The molecule has 1 nitrogen and oxygen atoms in total. The first-order chi connectivity index (χ1) is 6.78. The van der Waals surface area contributed by atoms with Gasteiger partial charge < -0.3 is 5.32 Å². The minimum absolute atomic E-state index is 0.777. The summed E-state index contributed by atoms with van der Waals surface area (Å²) in [4.78, 5) is 0. The smallest absolute Gasteiger partial charge is 0.00415 e. The predicted molar refractivity (Wildman–Crippen MR) is 59.2 cm³/mol. The van der Waals surface area contributed by atoms with Gasteiger partial charge in [0.2, 0.25) is 0 Å². The number of rotatable bonds is 6. The van der Waals surface area contributed by atoms with Crippen molar-refractivity contribution < 1.29 is 0 Å². The molecule has 1 unspecified atom stereocenters. The minimum Gasteiger partial charge on any atom is -0.314 e. The van der Waals surface area contributed by atoms with Gasteiger partial charge in [-0.1, -0.05) is 12.8 Å². The van der Waals surface area contributed by atoms with Crippen LogP contribution in [0.2, 0.25) is 0 Å². The molecule has 1 atom stereocenters. The molecule has 3 fully saturated rings. The van der Waals surface area contributed by atoms with Crippen molar-refractivity contribution in [3.63, 3.8) is 0 Å². The summed E-state index contributed by atoms with van der Waals surface area (Å²) in [5.41, 5.74) is 0.789. The maximum absolute atomic E-state index is 3.78. The maximum Gasteiger partial charge on any atom is 0.00415 e. The van der Waals surface area contributed by atoms with E-state index in [0.717, 1.165) is 23.3 Å². The first-order valence-corrected chi connectivity index (χ1v) is 6.52. The molecule has 1 heteroatoms. The van der Waals surface area contributed by atoms with E-state index in [1.165, 1.54) is 51.5 Å². The molecular formula is C13H23N. The van der Waals surface area contributed by atoms with Crippen molar-refractivity contribution in [2.75, 3.05) is 6.54 Å². The molecule has 3 aliphatic rings. The predicted octanol–water partition coefficient (Wildman–Crippen LogP) is 2.95. The molecule has 0 aliphatic heterocycles. The van der Waals surface area contributed by atoms with Crippen molar-refractivity contribution >= 4 is 0 Å². The van der Waals surface area contributed by atoms with Crippen LogP contribution in [-0.4, -0.2) is 12.6 Å². The number of nitrogens with one attached hydrogen (secondary N) is 1. The molecule has 0 saturated heterocycles. The maximum atomic E-state index is 3.78. The number of hydrogen-bond donors (Lipinski definition) is 1. The minimum atomic E-state index is 0.777. The highest BCUT2D eigenvalue weighted by Gasteiger charge is 2.53. The molecule has 0 aromatic carbocycles. The Morgan fingerprint density at radius 1 is 1.21 bits per heavy atom. The van der Waals surface area contributed by atoms with Gasteiger partial charge in [-0.25, -0.2) is 0 Å². The highest BCUT2D eigenvalue weighted by molar-refractivity contribution is 5.05. The zero-order chi connectivity index (χ0) is 9.60. The van der Waals surface area contributed by atoms with Crippen LogP contribution in [-0.2, 0) is 0 Å². The van der Waals surface area contributed by atoms with E-state index in [-0.39, 0.29) is 0 Å². The molecule has 0 amide bonds. The average molecular weight is 193 g/mol. The topological polar surface area (TPSA) is 12.0 Å². The molecule has 0 aromatic heterocycles. The van der Waals surface area contributed by atoms with E-state index < -0.39 is 0 Å². The zero-order valence-electron chi connectivity index (χ0n) is 9.39. The fourth-order valence-electron chi connectivity index (χ4n) is 2.90. The zero-order valence-corrected chi connectivity index (χ0v) is 9.39. The van der Waals surface area contributed by atoms with Crippen LogP contribution in [0, 0.1) is 17.3 Å². The first kappa shape index (κ1) is 9.21. The molecule has 0 radical (unpaired) electrons. The van der Waals surface area contributed by atoms with E-state index in [0.29, 0.717) is 0 Å². The van der Waals surface area contributed by atoms with Gasteiger partial charge in [0.15, 0.2) is 0 Å².